The molecule has 26 heavy (non-hydrogen) atoms. The minimum atomic E-state index is 0.761. The molecule has 0 radical (unpaired) electrons. The molecule has 8 heteroatoms. The van der Waals surface area contributed by atoms with Gasteiger partial charge in [-0.25, -0.2) is 19.9 Å². The molecule has 0 amide bonds. The second kappa shape index (κ2) is 8.77. The first-order valence-electron chi connectivity index (χ1n) is 7.65. The Morgan fingerprint density at radius 1 is 0.462 bits per heavy atom. The molecular formula is C18H12N4S4. The van der Waals surface area contributed by atoms with Gasteiger partial charge < -0.3 is 0 Å². The highest BCUT2D eigenvalue weighted by molar-refractivity contribution is 8.77. The standard InChI is InChI=1S/C18H12N4S4/c1-2-6-14-13(5-1)15(23-25-17-19-9-3-10-20-17)7-8-16(14)24-26-18-21-11-4-12-22-18/h1-12H. The van der Waals surface area contributed by atoms with Crippen LogP contribution in [0, 0.1) is 0 Å². The molecule has 0 saturated carbocycles. The number of hydrogen-bond acceptors (Lipinski definition) is 8. The number of rotatable bonds is 6. The van der Waals surface area contributed by atoms with Crippen LogP contribution in [0.4, 0.5) is 0 Å². The van der Waals surface area contributed by atoms with Gasteiger partial charge in [0.15, 0.2) is 10.3 Å². The average molecular weight is 413 g/mol. The zero-order chi connectivity index (χ0) is 17.6. The molecule has 0 saturated heterocycles. The zero-order valence-corrected chi connectivity index (χ0v) is 16.6. The summed E-state index contributed by atoms with van der Waals surface area (Å²) in [5.41, 5.74) is 0. The smallest absolute Gasteiger partial charge is 0.198 e. The van der Waals surface area contributed by atoms with Crippen molar-refractivity contribution in [2.75, 3.05) is 0 Å². The Labute approximate surface area is 166 Å². The summed E-state index contributed by atoms with van der Waals surface area (Å²) in [6, 6.07) is 16.4. The Balaban J connectivity index is 1.57. The Morgan fingerprint density at radius 3 is 1.31 bits per heavy atom. The molecule has 0 fully saturated rings. The Hall–Kier alpha value is -1.74. The van der Waals surface area contributed by atoms with E-state index in [-0.39, 0.29) is 0 Å². The Bertz CT molecular complexity index is 918. The van der Waals surface area contributed by atoms with E-state index in [2.05, 4.69) is 56.3 Å². The lowest BCUT2D eigenvalue weighted by molar-refractivity contribution is 0.973. The number of aromatic nitrogens is 4. The van der Waals surface area contributed by atoms with Crippen LogP contribution in [0.5, 0.6) is 0 Å². The quantitative estimate of drug-likeness (QED) is 0.281. The molecular weight excluding hydrogens is 400 g/mol. The van der Waals surface area contributed by atoms with E-state index in [0.29, 0.717) is 0 Å². The van der Waals surface area contributed by atoms with Crippen LogP contribution >= 0.6 is 43.2 Å². The second-order valence-electron chi connectivity index (χ2n) is 5.00. The van der Waals surface area contributed by atoms with Gasteiger partial charge in [0, 0.05) is 34.6 Å². The van der Waals surface area contributed by atoms with E-state index in [1.807, 2.05) is 12.1 Å². The first-order chi connectivity index (χ1) is 12.9. The molecule has 0 aliphatic heterocycles. The van der Waals surface area contributed by atoms with Gasteiger partial charge in [-0.05, 0) is 78.2 Å². The normalized spacial score (nSPS) is 10.9. The maximum atomic E-state index is 4.26. The van der Waals surface area contributed by atoms with E-state index < -0.39 is 0 Å². The molecule has 4 nitrogen and oxygen atoms in total. The largest absolute Gasteiger partial charge is 0.230 e. The third kappa shape index (κ3) is 4.32. The van der Waals surface area contributed by atoms with Crippen molar-refractivity contribution < 1.29 is 0 Å². The molecule has 0 aliphatic carbocycles. The van der Waals surface area contributed by atoms with Crippen molar-refractivity contribution in [2.24, 2.45) is 0 Å². The minimum Gasteiger partial charge on any atom is -0.230 e. The van der Waals surface area contributed by atoms with Crippen molar-refractivity contribution in [2.45, 2.75) is 20.1 Å². The summed E-state index contributed by atoms with van der Waals surface area (Å²) in [6.45, 7) is 0. The fourth-order valence-electron chi connectivity index (χ4n) is 2.21. The highest BCUT2D eigenvalue weighted by Gasteiger charge is 2.09. The van der Waals surface area contributed by atoms with Gasteiger partial charge in [-0.2, -0.15) is 0 Å². The average Bonchev–Trinajstić information content (AvgIpc) is 2.72. The lowest BCUT2D eigenvalue weighted by Crippen LogP contribution is -1.83. The summed E-state index contributed by atoms with van der Waals surface area (Å²) >= 11 is 0. The van der Waals surface area contributed by atoms with Crippen molar-refractivity contribution in [3.8, 4) is 0 Å². The van der Waals surface area contributed by atoms with Crippen molar-refractivity contribution in [3.05, 3.63) is 73.3 Å². The van der Waals surface area contributed by atoms with Crippen LogP contribution in [0.2, 0.25) is 0 Å². The molecule has 4 rings (SSSR count). The zero-order valence-electron chi connectivity index (χ0n) is 13.4. The number of nitrogens with zero attached hydrogens (tertiary/aromatic N) is 4. The highest BCUT2D eigenvalue weighted by atomic mass is 33.1. The van der Waals surface area contributed by atoms with Crippen molar-refractivity contribution in [3.63, 3.8) is 0 Å². The van der Waals surface area contributed by atoms with Crippen molar-refractivity contribution in [1.29, 1.82) is 0 Å². The van der Waals surface area contributed by atoms with Crippen LogP contribution < -0.4 is 0 Å². The van der Waals surface area contributed by atoms with E-state index in [1.165, 1.54) is 20.6 Å². The number of benzene rings is 2. The molecule has 128 valence electrons. The maximum Gasteiger partial charge on any atom is 0.198 e. The fraction of sp³-hybridized carbons (Fsp3) is 0. The predicted octanol–water partition coefficient (Wildman–Crippen LogP) is 6.02. The van der Waals surface area contributed by atoms with Gasteiger partial charge in [0.1, 0.15) is 0 Å². The molecule has 0 atom stereocenters. The van der Waals surface area contributed by atoms with Crippen LogP contribution in [0.25, 0.3) is 10.8 Å². The molecule has 0 aliphatic rings. The van der Waals surface area contributed by atoms with Crippen molar-refractivity contribution in [1.82, 2.24) is 19.9 Å². The second-order valence-corrected chi connectivity index (χ2v) is 9.28. The lowest BCUT2D eigenvalue weighted by atomic mass is 10.1. The van der Waals surface area contributed by atoms with Gasteiger partial charge >= 0.3 is 0 Å². The molecule has 2 heterocycles. The van der Waals surface area contributed by atoms with E-state index >= 15 is 0 Å². The van der Waals surface area contributed by atoms with Crippen LogP contribution in [0.15, 0.2) is 93.4 Å². The van der Waals surface area contributed by atoms with E-state index in [0.717, 1.165) is 10.3 Å². The van der Waals surface area contributed by atoms with Gasteiger partial charge in [-0.3, -0.25) is 0 Å². The Kier molecular flexibility index (Phi) is 5.96. The van der Waals surface area contributed by atoms with Gasteiger partial charge in [-0.1, -0.05) is 24.3 Å². The first-order valence-corrected chi connectivity index (χ1v) is 11.9. The maximum absolute atomic E-state index is 4.26. The summed E-state index contributed by atoms with van der Waals surface area (Å²) in [5.74, 6) is 0. The van der Waals surface area contributed by atoms with Gasteiger partial charge in [-0.15, -0.1) is 0 Å². The molecule has 0 spiro atoms. The third-order valence-electron chi connectivity index (χ3n) is 3.34. The fourth-order valence-corrected chi connectivity index (χ4v) is 6.11. The lowest BCUT2D eigenvalue weighted by Gasteiger charge is -2.09. The summed E-state index contributed by atoms with van der Waals surface area (Å²) in [7, 11) is 6.49. The summed E-state index contributed by atoms with van der Waals surface area (Å²) in [5, 5.41) is 3.97. The summed E-state index contributed by atoms with van der Waals surface area (Å²) < 4.78 is 0. The first kappa shape index (κ1) is 17.7. The molecule has 2 aromatic carbocycles. The minimum absolute atomic E-state index is 0.761. The molecule has 0 bridgehead atoms. The van der Waals surface area contributed by atoms with Crippen molar-refractivity contribution >= 4 is 53.9 Å². The molecule has 2 aromatic heterocycles. The van der Waals surface area contributed by atoms with Crippen LogP contribution in [-0.4, -0.2) is 19.9 Å². The number of hydrogen-bond donors (Lipinski definition) is 0. The van der Waals surface area contributed by atoms with E-state index in [4.69, 9.17) is 0 Å². The monoisotopic (exact) mass is 412 g/mol. The predicted molar refractivity (Wildman–Crippen MR) is 111 cm³/mol. The van der Waals surface area contributed by atoms with Gasteiger partial charge in [0.25, 0.3) is 0 Å². The molecule has 0 N–H and O–H groups in total. The Morgan fingerprint density at radius 2 is 0.885 bits per heavy atom. The van der Waals surface area contributed by atoms with Gasteiger partial charge in [0.05, 0.1) is 0 Å². The highest BCUT2D eigenvalue weighted by Crippen LogP contribution is 2.44. The van der Waals surface area contributed by atoms with Gasteiger partial charge in [0.2, 0.25) is 0 Å². The van der Waals surface area contributed by atoms with E-state index in [9.17, 15) is 0 Å². The molecule has 4 aromatic rings. The third-order valence-corrected chi connectivity index (χ3v) is 7.77. The van der Waals surface area contributed by atoms with Crippen LogP contribution in [-0.2, 0) is 0 Å². The SMILES string of the molecule is c1cnc(SSc2ccc(SSc3ncccn3)c3ccccc23)nc1. The molecule has 0 unspecified atom stereocenters. The van der Waals surface area contributed by atoms with E-state index in [1.54, 1.807) is 68.0 Å². The van der Waals surface area contributed by atoms with Crippen LogP contribution in [0.3, 0.4) is 0 Å². The number of fused-ring (bicyclic) bond motifs is 1. The summed E-state index contributed by atoms with van der Waals surface area (Å²) in [4.78, 5) is 19.5. The summed E-state index contributed by atoms with van der Waals surface area (Å²) in [6.07, 6.45) is 7.04. The topological polar surface area (TPSA) is 51.6 Å². The van der Waals surface area contributed by atoms with Crippen LogP contribution in [0.1, 0.15) is 0 Å².